The van der Waals surface area contributed by atoms with Crippen LogP contribution in [0.1, 0.15) is 48.8 Å². The molecule has 1 aliphatic rings. The number of aliphatic carboxylic acids is 1. The Balaban J connectivity index is 1.56. The molecule has 214 valence electrons. The number of rotatable bonds is 10. The minimum Gasteiger partial charge on any atom is -0.496 e. The number of hydrogen-bond donors (Lipinski definition) is 1. The number of pyridine rings is 1. The lowest BCUT2D eigenvalue weighted by atomic mass is 9.92. The third kappa shape index (κ3) is 8.14. The van der Waals surface area contributed by atoms with E-state index in [0.29, 0.717) is 47.2 Å². The van der Waals surface area contributed by atoms with Crippen molar-refractivity contribution in [1.82, 2.24) is 9.88 Å². The number of aromatic nitrogens is 1. The largest absolute Gasteiger partial charge is 0.496 e. The number of nitrogens with zero attached hydrogens (tertiary/aromatic N) is 3. The van der Waals surface area contributed by atoms with Crippen molar-refractivity contribution in [3.05, 3.63) is 88.6 Å². The molecule has 0 aliphatic carbocycles. The summed E-state index contributed by atoms with van der Waals surface area (Å²) in [6.45, 7) is 1.91. The van der Waals surface area contributed by atoms with Gasteiger partial charge in [0.1, 0.15) is 5.75 Å². The quantitative estimate of drug-likeness (QED) is 0.324. The second-order valence-electron chi connectivity index (χ2n) is 10.0. The summed E-state index contributed by atoms with van der Waals surface area (Å²) in [5.41, 5.74) is 2.90. The highest BCUT2D eigenvalue weighted by Gasteiger charge is 2.34. The van der Waals surface area contributed by atoms with Gasteiger partial charge in [0.25, 0.3) is 0 Å². The molecule has 1 unspecified atom stereocenters. The smallest absolute Gasteiger partial charge is 0.307 e. The van der Waals surface area contributed by atoms with Crippen molar-refractivity contribution in [1.29, 1.82) is 0 Å². The number of halogens is 1. The lowest BCUT2D eigenvalue weighted by molar-refractivity contribution is -0.146. The van der Waals surface area contributed by atoms with Gasteiger partial charge >= 0.3 is 5.97 Å². The van der Waals surface area contributed by atoms with Gasteiger partial charge in [-0.25, -0.2) is 4.98 Å². The van der Waals surface area contributed by atoms with Crippen LogP contribution in [0, 0.1) is 5.92 Å². The van der Waals surface area contributed by atoms with Gasteiger partial charge in [-0.15, -0.1) is 0 Å². The SMILES string of the molecule is COc1ccc(Cl)cc1CC1CC/C(=N\Oc2ccccn2)CN(C(=O)C[C@H](C)c2ccc(CC(=O)O)cc2)C1=O. The predicted molar refractivity (Wildman–Crippen MR) is 154 cm³/mol. The van der Waals surface area contributed by atoms with Crippen LogP contribution < -0.4 is 9.57 Å². The monoisotopic (exact) mass is 577 g/mol. The number of carboxylic acid groups (broad SMARTS) is 1. The van der Waals surface area contributed by atoms with Crippen molar-refractivity contribution in [2.24, 2.45) is 11.1 Å². The van der Waals surface area contributed by atoms with Gasteiger partial charge in [0.2, 0.25) is 17.7 Å². The first-order valence-corrected chi connectivity index (χ1v) is 13.7. The fourth-order valence-corrected chi connectivity index (χ4v) is 5.01. The maximum Gasteiger partial charge on any atom is 0.307 e. The van der Waals surface area contributed by atoms with Gasteiger partial charge in [0.05, 0.1) is 25.8 Å². The Morgan fingerprint density at radius 2 is 1.95 bits per heavy atom. The predicted octanol–water partition coefficient (Wildman–Crippen LogP) is 5.31. The lowest BCUT2D eigenvalue weighted by Crippen LogP contribution is -2.42. The second kappa shape index (κ2) is 13.9. The maximum absolute atomic E-state index is 13.8. The zero-order valence-corrected chi connectivity index (χ0v) is 23.7. The number of imide groups is 1. The highest BCUT2D eigenvalue weighted by molar-refractivity contribution is 6.30. The van der Waals surface area contributed by atoms with Crippen LogP contribution in [0.25, 0.3) is 0 Å². The third-order valence-electron chi connectivity index (χ3n) is 7.04. The number of methoxy groups -OCH3 is 1. The van der Waals surface area contributed by atoms with Crippen molar-refractivity contribution in [3.63, 3.8) is 0 Å². The molecule has 1 fully saturated rings. The van der Waals surface area contributed by atoms with E-state index in [0.717, 1.165) is 11.1 Å². The van der Waals surface area contributed by atoms with Crippen LogP contribution in [-0.2, 0) is 27.2 Å². The Hall–Kier alpha value is -4.24. The van der Waals surface area contributed by atoms with Crippen LogP contribution in [0.2, 0.25) is 5.02 Å². The maximum atomic E-state index is 13.8. The van der Waals surface area contributed by atoms with Crippen molar-refractivity contribution in [2.75, 3.05) is 13.7 Å². The number of hydrogen-bond acceptors (Lipinski definition) is 7. The molecule has 1 saturated heterocycles. The molecular weight excluding hydrogens is 546 g/mol. The Labute approximate surface area is 243 Å². The summed E-state index contributed by atoms with van der Waals surface area (Å²) in [7, 11) is 1.56. The van der Waals surface area contributed by atoms with E-state index >= 15 is 0 Å². The number of oxime groups is 1. The van der Waals surface area contributed by atoms with Crippen molar-refractivity contribution >= 4 is 35.1 Å². The summed E-state index contributed by atoms with van der Waals surface area (Å²) in [5, 5.41) is 13.8. The molecule has 0 radical (unpaired) electrons. The van der Waals surface area contributed by atoms with Crippen LogP contribution >= 0.6 is 11.6 Å². The number of ether oxygens (including phenoxy) is 1. The topological polar surface area (TPSA) is 118 Å². The van der Waals surface area contributed by atoms with E-state index in [1.54, 1.807) is 61.8 Å². The number of carboxylic acids is 1. The number of amides is 2. The summed E-state index contributed by atoms with van der Waals surface area (Å²) in [6, 6.07) is 17.6. The van der Waals surface area contributed by atoms with Gasteiger partial charge < -0.3 is 14.7 Å². The van der Waals surface area contributed by atoms with Crippen LogP contribution in [0.3, 0.4) is 0 Å². The Bertz CT molecular complexity index is 1410. The van der Waals surface area contributed by atoms with E-state index in [9.17, 15) is 14.4 Å². The number of likely N-dealkylation sites (tertiary alicyclic amines) is 1. The molecule has 0 saturated carbocycles. The molecule has 0 bridgehead atoms. The molecule has 2 aromatic carbocycles. The average Bonchev–Trinajstić information content (AvgIpc) is 3.11. The van der Waals surface area contributed by atoms with Crippen molar-refractivity contribution in [3.8, 4) is 11.6 Å². The molecule has 4 rings (SSSR count). The van der Waals surface area contributed by atoms with Gasteiger partial charge in [0.15, 0.2) is 0 Å². The third-order valence-corrected chi connectivity index (χ3v) is 7.27. The number of benzene rings is 2. The van der Waals surface area contributed by atoms with E-state index in [2.05, 4.69) is 10.1 Å². The summed E-state index contributed by atoms with van der Waals surface area (Å²) in [4.78, 5) is 49.3. The standard InChI is InChI=1S/C31H32ClN3O6/c1-20(22-8-6-21(7-9-22)16-30(37)38)15-29(36)35-19-26(34-41-28-5-3-4-14-33-28)12-10-23(31(35)39)17-24-18-25(32)11-13-27(24)40-2/h3-9,11,13-14,18,20,23H,10,12,15-17,19H2,1-2H3,(H,37,38)/b34-26+/t20-,23?/m0/s1. The summed E-state index contributed by atoms with van der Waals surface area (Å²) in [5.74, 6) is -1.29. The molecule has 41 heavy (non-hydrogen) atoms. The molecular formula is C31H32ClN3O6. The zero-order chi connectivity index (χ0) is 29.4. The Morgan fingerprint density at radius 1 is 1.17 bits per heavy atom. The van der Waals surface area contributed by atoms with Gasteiger partial charge in [-0.1, -0.05) is 54.0 Å². The van der Waals surface area contributed by atoms with E-state index in [1.807, 2.05) is 19.1 Å². The first-order valence-electron chi connectivity index (χ1n) is 13.3. The van der Waals surface area contributed by atoms with Crippen LogP contribution in [0.5, 0.6) is 11.6 Å². The number of carbonyl (C=O) groups excluding carboxylic acids is 2. The van der Waals surface area contributed by atoms with E-state index in [4.69, 9.17) is 26.3 Å². The molecule has 2 amide bonds. The van der Waals surface area contributed by atoms with E-state index < -0.39 is 11.9 Å². The van der Waals surface area contributed by atoms with Gasteiger partial charge in [-0.05, 0) is 66.1 Å². The first kappa shape index (κ1) is 29.7. The highest BCUT2D eigenvalue weighted by atomic mass is 35.5. The Morgan fingerprint density at radius 3 is 2.63 bits per heavy atom. The lowest BCUT2D eigenvalue weighted by Gasteiger charge is -2.24. The molecule has 10 heteroatoms. The number of carbonyl (C=O) groups is 3. The van der Waals surface area contributed by atoms with Gasteiger partial charge in [-0.3, -0.25) is 19.3 Å². The molecule has 2 atom stereocenters. The normalized spacial score (nSPS) is 17.1. The van der Waals surface area contributed by atoms with Gasteiger partial charge in [-0.2, -0.15) is 0 Å². The van der Waals surface area contributed by atoms with Crippen LogP contribution in [0.15, 0.2) is 72.0 Å². The van der Waals surface area contributed by atoms with Crippen LogP contribution in [0.4, 0.5) is 0 Å². The van der Waals surface area contributed by atoms with E-state index in [1.165, 1.54) is 4.90 Å². The molecule has 1 N–H and O–H groups in total. The fraction of sp³-hybridized carbons (Fsp3) is 0.323. The van der Waals surface area contributed by atoms with Crippen molar-refractivity contribution < 1.29 is 29.1 Å². The minimum atomic E-state index is -0.907. The second-order valence-corrected chi connectivity index (χ2v) is 10.5. The van der Waals surface area contributed by atoms with Gasteiger partial charge in [0, 0.05) is 29.6 Å². The van der Waals surface area contributed by atoms with E-state index in [-0.39, 0.29) is 37.1 Å². The first-order chi connectivity index (χ1) is 19.7. The molecule has 9 nitrogen and oxygen atoms in total. The molecule has 2 heterocycles. The van der Waals surface area contributed by atoms with Crippen LogP contribution in [-0.4, -0.2) is 52.1 Å². The molecule has 1 aliphatic heterocycles. The average molecular weight is 578 g/mol. The molecule has 0 spiro atoms. The fourth-order valence-electron chi connectivity index (χ4n) is 4.81. The highest BCUT2D eigenvalue weighted by Crippen LogP contribution is 2.30. The summed E-state index contributed by atoms with van der Waals surface area (Å²) >= 11 is 6.24. The molecule has 3 aromatic rings. The summed E-state index contributed by atoms with van der Waals surface area (Å²) < 4.78 is 5.49. The van der Waals surface area contributed by atoms with Crippen molar-refractivity contribution in [2.45, 2.75) is 44.9 Å². The Kier molecular flexibility index (Phi) is 10.1. The summed E-state index contributed by atoms with van der Waals surface area (Å²) in [6.07, 6.45) is 2.87. The molecule has 1 aromatic heterocycles. The minimum absolute atomic E-state index is 0.0119. The zero-order valence-electron chi connectivity index (χ0n) is 23.0.